The first kappa shape index (κ1) is 28.1. The number of anilines is 1. The van der Waals surface area contributed by atoms with Crippen LogP contribution in [0.5, 0.6) is 23.0 Å². The molecule has 2 aromatic heterocycles. The van der Waals surface area contributed by atoms with Gasteiger partial charge in [0.1, 0.15) is 11.4 Å². The van der Waals surface area contributed by atoms with Gasteiger partial charge in [-0.15, -0.1) is 0 Å². The second-order valence-corrected chi connectivity index (χ2v) is 12.5. The van der Waals surface area contributed by atoms with Gasteiger partial charge in [0.25, 0.3) is 0 Å². The zero-order valence-electron chi connectivity index (χ0n) is 25.8. The number of halogens is 1. The first-order valence-electron chi connectivity index (χ1n) is 16.0. The summed E-state index contributed by atoms with van der Waals surface area (Å²) in [7, 11) is 1.51. The van der Waals surface area contributed by atoms with E-state index in [1.165, 1.54) is 18.7 Å². The average Bonchev–Trinajstić information content (AvgIpc) is 3.84. The Morgan fingerprint density at radius 3 is 2.64 bits per heavy atom. The Hall–Kier alpha value is -5.16. The summed E-state index contributed by atoms with van der Waals surface area (Å²) in [6.07, 6.45) is 6.16. The Bertz CT molecular complexity index is 2210. The largest absolute Gasteiger partial charge is 0.493 e. The van der Waals surface area contributed by atoms with Crippen molar-refractivity contribution in [2.45, 2.75) is 31.8 Å². The maximum atomic E-state index is 15.5. The summed E-state index contributed by atoms with van der Waals surface area (Å²) in [6.45, 7) is 3.78. The molecule has 3 aliphatic heterocycles. The molecule has 11 heteroatoms. The lowest BCUT2D eigenvalue weighted by atomic mass is 9.95. The van der Waals surface area contributed by atoms with E-state index in [-0.39, 0.29) is 29.5 Å². The van der Waals surface area contributed by atoms with E-state index >= 15 is 4.39 Å². The van der Waals surface area contributed by atoms with Crippen molar-refractivity contribution in [3.63, 3.8) is 0 Å². The predicted octanol–water partition coefficient (Wildman–Crippen LogP) is 4.51. The lowest BCUT2D eigenvalue weighted by Crippen LogP contribution is -2.43. The molecular weight excluding hydrogens is 603 g/mol. The van der Waals surface area contributed by atoms with E-state index in [1.807, 2.05) is 33.9 Å². The number of methoxy groups -OCH3 is 1. The van der Waals surface area contributed by atoms with Gasteiger partial charge in [-0.25, -0.2) is 9.18 Å². The summed E-state index contributed by atoms with van der Waals surface area (Å²) in [6, 6.07) is 12.9. The molecule has 0 unspecified atom stereocenters. The molecule has 0 spiro atoms. The van der Waals surface area contributed by atoms with Gasteiger partial charge in [0, 0.05) is 56.3 Å². The molecule has 0 amide bonds. The van der Waals surface area contributed by atoms with Gasteiger partial charge < -0.3 is 33.7 Å². The first-order chi connectivity index (χ1) is 23.0. The van der Waals surface area contributed by atoms with Crippen LogP contribution in [0, 0.1) is 5.82 Å². The SMILES string of the molecule is COc1ccc2cc3[n+](cc2c1OC(=O)c1cn(C2CC2)c2cc(N4CCNCC4)c(F)cc2c1=O)CCc1cc2c(cc1-3)OCO2. The molecule has 5 heterocycles. The van der Waals surface area contributed by atoms with Crippen LogP contribution in [0.15, 0.2) is 59.7 Å². The zero-order valence-corrected chi connectivity index (χ0v) is 25.8. The molecule has 2 fully saturated rings. The number of rotatable bonds is 5. The number of ether oxygens (including phenoxy) is 4. The highest BCUT2D eigenvalue weighted by atomic mass is 19.1. The van der Waals surface area contributed by atoms with Crippen molar-refractivity contribution in [2.24, 2.45) is 0 Å². The molecular formula is C36H32FN4O6+. The average molecular weight is 636 g/mol. The first-order valence-corrected chi connectivity index (χ1v) is 16.0. The fourth-order valence-electron chi connectivity index (χ4n) is 7.12. The number of aromatic nitrogens is 2. The van der Waals surface area contributed by atoms with Crippen LogP contribution in [0.4, 0.5) is 10.1 Å². The van der Waals surface area contributed by atoms with Crippen molar-refractivity contribution < 1.29 is 32.7 Å². The maximum absolute atomic E-state index is 15.5. The number of hydrogen-bond acceptors (Lipinski definition) is 8. The fraction of sp³-hybridized carbons (Fsp3) is 0.306. The molecule has 3 aromatic carbocycles. The van der Waals surface area contributed by atoms with E-state index < -0.39 is 17.2 Å². The Morgan fingerprint density at radius 2 is 1.85 bits per heavy atom. The number of aryl methyl sites for hydroxylation is 2. The van der Waals surface area contributed by atoms with Gasteiger partial charge in [-0.1, -0.05) is 0 Å². The summed E-state index contributed by atoms with van der Waals surface area (Å²) >= 11 is 0. The monoisotopic (exact) mass is 635 g/mol. The normalized spacial score (nSPS) is 16.7. The molecule has 1 N–H and O–H groups in total. The number of carbonyl (C=O) groups excluding carboxylic acids is 1. The summed E-state index contributed by atoms with van der Waals surface area (Å²) in [5, 5.41) is 4.95. The Kier molecular flexibility index (Phi) is 6.39. The van der Waals surface area contributed by atoms with Crippen LogP contribution >= 0.6 is 0 Å². The number of fused-ring (bicyclic) bond motifs is 6. The standard InChI is InChI=1S/C36H32FN4O6/c1-44-31-5-2-20-12-28-23-15-33-32(45-19-46-33)13-21(23)6-9-40(28)17-25(20)35(31)47-36(43)26-18-41(22-3-4-22)29-16-30(39-10-7-38-8-11-39)27(37)14-24(29)34(26)42/h2,5,12-18,22,38H,3-4,6-11,19H2,1H3/q+1. The van der Waals surface area contributed by atoms with Crippen LogP contribution < -0.4 is 39.2 Å². The minimum Gasteiger partial charge on any atom is -0.493 e. The number of nitrogens with zero attached hydrogens (tertiary/aromatic N) is 3. The van der Waals surface area contributed by atoms with Gasteiger partial charge in [0.15, 0.2) is 35.7 Å². The zero-order chi connectivity index (χ0) is 31.8. The Balaban J connectivity index is 1.13. The highest BCUT2D eigenvalue weighted by Crippen LogP contribution is 2.42. The number of pyridine rings is 2. The molecule has 47 heavy (non-hydrogen) atoms. The van der Waals surface area contributed by atoms with Gasteiger partial charge in [-0.2, -0.15) is 4.57 Å². The number of nitrogens with one attached hydrogen (secondary N) is 1. The minimum absolute atomic E-state index is 0.127. The van der Waals surface area contributed by atoms with Crippen molar-refractivity contribution in [3.05, 3.63) is 82.0 Å². The van der Waals surface area contributed by atoms with E-state index in [0.29, 0.717) is 47.7 Å². The molecule has 0 radical (unpaired) electrons. The van der Waals surface area contributed by atoms with Crippen molar-refractivity contribution in [1.82, 2.24) is 9.88 Å². The summed E-state index contributed by atoms with van der Waals surface area (Å²) in [4.78, 5) is 29.7. The van der Waals surface area contributed by atoms with Gasteiger partial charge >= 0.3 is 5.97 Å². The molecule has 1 aliphatic carbocycles. The summed E-state index contributed by atoms with van der Waals surface area (Å²) in [5.41, 5.74) is 3.62. The molecule has 238 valence electrons. The highest BCUT2D eigenvalue weighted by Gasteiger charge is 2.31. The third-order valence-electron chi connectivity index (χ3n) is 9.71. The van der Waals surface area contributed by atoms with Crippen molar-refractivity contribution in [2.75, 3.05) is 45.0 Å². The molecule has 0 bridgehead atoms. The van der Waals surface area contributed by atoms with Crippen LogP contribution in [0.3, 0.4) is 0 Å². The van der Waals surface area contributed by atoms with Gasteiger partial charge in [0.2, 0.25) is 17.9 Å². The number of carbonyl (C=O) groups is 1. The molecule has 0 atom stereocenters. The lowest BCUT2D eigenvalue weighted by Gasteiger charge is -2.30. The predicted molar refractivity (Wildman–Crippen MR) is 172 cm³/mol. The van der Waals surface area contributed by atoms with Crippen LogP contribution in [-0.2, 0) is 13.0 Å². The van der Waals surface area contributed by atoms with Crippen LogP contribution in [0.1, 0.15) is 34.8 Å². The number of benzene rings is 3. The van der Waals surface area contributed by atoms with Crippen molar-refractivity contribution >= 4 is 33.3 Å². The lowest BCUT2D eigenvalue weighted by molar-refractivity contribution is -0.686. The van der Waals surface area contributed by atoms with Crippen LogP contribution in [0.25, 0.3) is 32.9 Å². The van der Waals surface area contributed by atoms with E-state index in [1.54, 1.807) is 18.3 Å². The molecule has 9 rings (SSSR count). The Labute approximate surface area is 268 Å². The van der Waals surface area contributed by atoms with Crippen LogP contribution in [0.2, 0.25) is 0 Å². The second-order valence-electron chi connectivity index (χ2n) is 12.5. The molecule has 10 nitrogen and oxygen atoms in total. The van der Waals surface area contributed by atoms with Gasteiger partial charge in [-0.3, -0.25) is 4.79 Å². The topological polar surface area (TPSA) is 95.1 Å². The molecule has 5 aromatic rings. The second kappa shape index (κ2) is 10.7. The molecule has 1 saturated carbocycles. The maximum Gasteiger partial charge on any atom is 0.349 e. The summed E-state index contributed by atoms with van der Waals surface area (Å²) < 4.78 is 42.5. The van der Waals surface area contributed by atoms with E-state index in [2.05, 4.69) is 16.0 Å². The number of piperazine rings is 1. The third kappa shape index (κ3) is 4.59. The Morgan fingerprint density at radius 1 is 1.04 bits per heavy atom. The highest BCUT2D eigenvalue weighted by molar-refractivity contribution is 5.99. The van der Waals surface area contributed by atoms with E-state index in [9.17, 15) is 9.59 Å². The molecule has 1 saturated heterocycles. The quantitative estimate of drug-likeness (QED) is 0.171. The fourth-order valence-corrected chi connectivity index (χ4v) is 7.12. The minimum atomic E-state index is -0.815. The number of hydrogen-bond donors (Lipinski definition) is 1. The van der Waals surface area contributed by atoms with E-state index in [4.69, 9.17) is 18.9 Å². The van der Waals surface area contributed by atoms with E-state index in [0.717, 1.165) is 54.7 Å². The third-order valence-corrected chi connectivity index (χ3v) is 9.71. The number of esters is 1. The molecule has 4 aliphatic rings. The van der Waals surface area contributed by atoms with Crippen molar-refractivity contribution in [3.8, 4) is 34.3 Å². The van der Waals surface area contributed by atoms with Gasteiger partial charge in [-0.05, 0) is 60.2 Å². The van der Waals surface area contributed by atoms with Crippen LogP contribution in [-0.4, -0.2) is 50.6 Å². The van der Waals surface area contributed by atoms with Gasteiger partial charge in [0.05, 0.1) is 29.3 Å². The summed E-state index contributed by atoms with van der Waals surface area (Å²) in [5.74, 6) is 0.764. The smallest absolute Gasteiger partial charge is 0.349 e. The van der Waals surface area contributed by atoms with Crippen molar-refractivity contribution in [1.29, 1.82) is 0 Å².